The Morgan fingerprint density at radius 2 is 2.10 bits per heavy atom. The second kappa shape index (κ2) is 7.09. The topological polar surface area (TPSA) is 60.0 Å². The molecule has 1 unspecified atom stereocenters. The molecule has 0 aliphatic rings. The van der Waals surface area contributed by atoms with Crippen molar-refractivity contribution in [3.63, 3.8) is 0 Å². The number of imidazole rings is 1. The lowest BCUT2D eigenvalue weighted by atomic mass is 10.1. The van der Waals surface area contributed by atoms with Gasteiger partial charge in [-0.25, -0.2) is 9.97 Å². The number of anilines is 1. The van der Waals surface area contributed by atoms with E-state index in [1.54, 1.807) is 12.3 Å². The second-order valence-corrected chi connectivity index (χ2v) is 5.79. The second-order valence-electron chi connectivity index (χ2n) is 5.35. The summed E-state index contributed by atoms with van der Waals surface area (Å²) >= 11 is 5.95. The number of fused-ring (bicyclic) bond motifs is 1. The Balaban J connectivity index is 2.09. The maximum absolute atomic E-state index is 6.05. The van der Waals surface area contributed by atoms with Crippen LogP contribution in [0.5, 0.6) is 0 Å². The maximum atomic E-state index is 6.05. The number of nitrogens with zero attached hydrogens (tertiary/aromatic N) is 4. The molecule has 2 aromatic rings. The van der Waals surface area contributed by atoms with Gasteiger partial charge in [0.15, 0.2) is 5.65 Å². The Kier molecular flexibility index (Phi) is 5.42. The summed E-state index contributed by atoms with van der Waals surface area (Å²) in [6, 6.07) is 2.08. The molecule has 21 heavy (non-hydrogen) atoms. The molecule has 6 heteroatoms. The molecule has 0 saturated carbocycles. The van der Waals surface area contributed by atoms with Crippen molar-refractivity contribution >= 4 is 28.7 Å². The number of halogens is 1. The predicted octanol–water partition coefficient (Wildman–Crippen LogP) is 3.35. The van der Waals surface area contributed by atoms with Crippen LogP contribution >= 0.6 is 11.6 Å². The predicted molar refractivity (Wildman–Crippen MR) is 88.7 cm³/mol. The Hall–Kier alpha value is -1.33. The third-order valence-corrected chi connectivity index (χ3v) is 4.16. The fraction of sp³-hybridized carbons (Fsp3) is 0.600. The molecule has 0 bridgehead atoms. The van der Waals surface area contributed by atoms with Gasteiger partial charge in [-0.1, -0.05) is 25.4 Å². The van der Waals surface area contributed by atoms with Gasteiger partial charge in [-0.2, -0.15) is 0 Å². The van der Waals surface area contributed by atoms with Crippen molar-refractivity contribution in [2.45, 2.75) is 39.7 Å². The first-order valence-corrected chi connectivity index (χ1v) is 7.95. The Bertz CT molecular complexity index is 591. The van der Waals surface area contributed by atoms with Gasteiger partial charge in [-0.3, -0.25) is 4.57 Å². The normalized spacial score (nSPS) is 13.2. The van der Waals surface area contributed by atoms with Gasteiger partial charge in [-0.15, -0.1) is 0 Å². The lowest BCUT2D eigenvalue weighted by molar-refractivity contribution is 0.289. The fourth-order valence-corrected chi connectivity index (χ4v) is 2.84. The zero-order valence-corrected chi connectivity index (χ0v) is 13.8. The van der Waals surface area contributed by atoms with Crippen LogP contribution in [0, 0.1) is 0 Å². The summed E-state index contributed by atoms with van der Waals surface area (Å²) in [7, 11) is 0. The summed E-state index contributed by atoms with van der Waals surface area (Å²) in [4.78, 5) is 11.2. The quantitative estimate of drug-likeness (QED) is 0.852. The van der Waals surface area contributed by atoms with Gasteiger partial charge in [0.1, 0.15) is 5.52 Å². The van der Waals surface area contributed by atoms with Crippen molar-refractivity contribution in [1.29, 1.82) is 0 Å². The van der Waals surface area contributed by atoms with Gasteiger partial charge in [0, 0.05) is 12.2 Å². The molecule has 0 fully saturated rings. The van der Waals surface area contributed by atoms with Gasteiger partial charge in [-0.05, 0) is 45.5 Å². The molecular weight excluding hydrogens is 286 g/mol. The van der Waals surface area contributed by atoms with Gasteiger partial charge < -0.3 is 10.6 Å². The Morgan fingerprint density at radius 1 is 1.38 bits per heavy atom. The van der Waals surface area contributed by atoms with Crippen LogP contribution < -0.4 is 5.73 Å². The molecule has 0 aliphatic carbocycles. The zero-order chi connectivity index (χ0) is 15.4. The third-order valence-electron chi connectivity index (χ3n) is 3.96. The highest BCUT2D eigenvalue weighted by atomic mass is 35.5. The minimum atomic E-state index is 0.277. The minimum Gasteiger partial charge on any atom is -0.369 e. The average molecular weight is 310 g/mol. The third kappa shape index (κ3) is 3.66. The molecule has 0 amide bonds. The molecule has 116 valence electrons. The first-order chi connectivity index (χ1) is 10.1. The smallest absolute Gasteiger partial charge is 0.202 e. The van der Waals surface area contributed by atoms with E-state index in [0.717, 1.165) is 43.6 Å². The van der Waals surface area contributed by atoms with E-state index in [2.05, 4.69) is 35.6 Å². The number of rotatable bonds is 7. The van der Waals surface area contributed by atoms with Crippen molar-refractivity contribution in [1.82, 2.24) is 19.4 Å². The Morgan fingerprint density at radius 3 is 2.76 bits per heavy atom. The summed E-state index contributed by atoms with van der Waals surface area (Å²) in [5.41, 5.74) is 7.62. The molecule has 0 aromatic carbocycles. The molecule has 2 aromatic heterocycles. The molecule has 0 radical (unpaired) electrons. The highest BCUT2D eigenvalue weighted by Gasteiger charge is 2.15. The number of nitrogen functional groups attached to an aromatic ring is 1. The maximum Gasteiger partial charge on any atom is 0.202 e. The Labute approximate surface area is 131 Å². The lowest BCUT2D eigenvalue weighted by Gasteiger charge is -2.20. The van der Waals surface area contributed by atoms with Crippen LogP contribution in [0.25, 0.3) is 11.2 Å². The first kappa shape index (κ1) is 16.0. The molecule has 0 spiro atoms. The monoisotopic (exact) mass is 309 g/mol. The molecule has 2 rings (SSSR count). The van der Waals surface area contributed by atoms with Crippen LogP contribution in [0.1, 0.15) is 39.7 Å². The number of nitrogens with two attached hydrogens (primary N) is 1. The SMILES string of the molecule is CCN(CC)CCCC(C)n1c(N)nc2cc(Cl)cnc21. The van der Waals surface area contributed by atoms with Crippen LogP contribution in [-0.2, 0) is 0 Å². The lowest BCUT2D eigenvalue weighted by Crippen LogP contribution is -2.24. The van der Waals surface area contributed by atoms with E-state index in [0.29, 0.717) is 11.0 Å². The van der Waals surface area contributed by atoms with Crippen molar-refractivity contribution in [2.24, 2.45) is 0 Å². The van der Waals surface area contributed by atoms with Crippen LogP contribution in [-0.4, -0.2) is 39.1 Å². The number of hydrogen-bond donors (Lipinski definition) is 1. The number of aromatic nitrogens is 3. The standard InChI is InChI=1S/C15H24ClN5/c1-4-20(5-2)8-6-7-11(3)21-14-13(19-15(21)17)9-12(16)10-18-14/h9-11H,4-8H2,1-3H3,(H2,17,19). The van der Waals surface area contributed by atoms with E-state index >= 15 is 0 Å². The summed E-state index contributed by atoms with van der Waals surface area (Å²) in [5, 5.41) is 0.585. The van der Waals surface area contributed by atoms with Crippen LogP contribution in [0.2, 0.25) is 5.02 Å². The van der Waals surface area contributed by atoms with Gasteiger partial charge in [0.2, 0.25) is 5.95 Å². The van der Waals surface area contributed by atoms with Gasteiger partial charge in [0.05, 0.1) is 5.02 Å². The van der Waals surface area contributed by atoms with Gasteiger partial charge in [0.25, 0.3) is 0 Å². The largest absolute Gasteiger partial charge is 0.369 e. The fourth-order valence-electron chi connectivity index (χ4n) is 2.69. The first-order valence-electron chi connectivity index (χ1n) is 7.58. The van der Waals surface area contributed by atoms with Gasteiger partial charge >= 0.3 is 0 Å². The van der Waals surface area contributed by atoms with Crippen LogP contribution in [0.15, 0.2) is 12.3 Å². The molecule has 0 saturated heterocycles. The van der Waals surface area contributed by atoms with E-state index < -0.39 is 0 Å². The summed E-state index contributed by atoms with van der Waals surface area (Å²) in [5.74, 6) is 0.509. The van der Waals surface area contributed by atoms with E-state index in [-0.39, 0.29) is 6.04 Å². The highest BCUT2D eigenvalue weighted by Crippen LogP contribution is 2.25. The van der Waals surface area contributed by atoms with Crippen molar-refractivity contribution in [3.8, 4) is 0 Å². The number of hydrogen-bond acceptors (Lipinski definition) is 4. The molecule has 2 heterocycles. The average Bonchev–Trinajstić information content (AvgIpc) is 2.78. The summed E-state index contributed by atoms with van der Waals surface area (Å²) < 4.78 is 2.01. The van der Waals surface area contributed by atoms with E-state index in [4.69, 9.17) is 17.3 Å². The number of pyridine rings is 1. The van der Waals surface area contributed by atoms with E-state index in [9.17, 15) is 0 Å². The minimum absolute atomic E-state index is 0.277. The summed E-state index contributed by atoms with van der Waals surface area (Å²) in [6.45, 7) is 9.87. The highest BCUT2D eigenvalue weighted by molar-refractivity contribution is 6.31. The van der Waals surface area contributed by atoms with E-state index in [1.165, 1.54) is 0 Å². The van der Waals surface area contributed by atoms with Crippen LogP contribution in [0.4, 0.5) is 5.95 Å². The molecule has 2 N–H and O–H groups in total. The molecule has 1 atom stereocenters. The molecular formula is C15H24ClN5. The van der Waals surface area contributed by atoms with Crippen molar-refractivity contribution in [3.05, 3.63) is 17.3 Å². The molecule has 0 aliphatic heterocycles. The zero-order valence-electron chi connectivity index (χ0n) is 13.0. The van der Waals surface area contributed by atoms with Crippen molar-refractivity contribution in [2.75, 3.05) is 25.4 Å². The summed E-state index contributed by atoms with van der Waals surface area (Å²) in [6.07, 6.45) is 3.83. The van der Waals surface area contributed by atoms with E-state index in [1.807, 2.05) is 4.57 Å². The van der Waals surface area contributed by atoms with Crippen LogP contribution in [0.3, 0.4) is 0 Å². The van der Waals surface area contributed by atoms with Crippen molar-refractivity contribution < 1.29 is 0 Å². The molecule has 5 nitrogen and oxygen atoms in total.